The fourth-order valence-electron chi connectivity index (χ4n) is 1.61. The molecule has 0 aromatic heterocycles. The quantitative estimate of drug-likeness (QED) is 0.850. The number of phenolic OH excluding ortho intramolecular Hbond substituents is 1. The molecular weight excluding hydrogens is 287 g/mol. The SMILES string of the molecule is O=C(Nc1ccc(O)cc1F)c1cccc(OC(F)F)c1. The molecule has 0 aliphatic carbocycles. The van der Waals surface area contributed by atoms with Crippen LogP contribution in [0.15, 0.2) is 42.5 Å². The van der Waals surface area contributed by atoms with Crippen LogP contribution in [-0.4, -0.2) is 17.6 Å². The van der Waals surface area contributed by atoms with Crippen LogP contribution in [0.2, 0.25) is 0 Å². The van der Waals surface area contributed by atoms with E-state index in [1.54, 1.807) is 0 Å². The molecule has 0 heterocycles. The van der Waals surface area contributed by atoms with Gasteiger partial charge in [-0.1, -0.05) is 6.07 Å². The van der Waals surface area contributed by atoms with Crippen LogP contribution in [0.25, 0.3) is 0 Å². The predicted octanol–water partition coefficient (Wildman–Crippen LogP) is 3.39. The van der Waals surface area contributed by atoms with Crippen molar-refractivity contribution in [3.63, 3.8) is 0 Å². The van der Waals surface area contributed by atoms with Gasteiger partial charge < -0.3 is 15.2 Å². The second kappa shape index (κ2) is 6.17. The fourth-order valence-corrected chi connectivity index (χ4v) is 1.61. The van der Waals surface area contributed by atoms with Gasteiger partial charge in [0.25, 0.3) is 5.91 Å². The number of hydrogen-bond donors (Lipinski definition) is 2. The summed E-state index contributed by atoms with van der Waals surface area (Å²) in [6.07, 6.45) is 0. The first-order valence-electron chi connectivity index (χ1n) is 5.80. The van der Waals surface area contributed by atoms with Gasteiger partial charge in [0.1, 0.15) is 17.3 Å². The maximum Gasteiger partial charge on any atom is 0.387 e. The van der Waals surface area contributed by atoms with E-state index in [0.29, 0.717) is 0 Å². The third kappa shape index (κ3) is 3.88. The average molecular weight is 297 g/mol. The van der Waals surface area contributed by atoms with E-state index in [1.807, 2.05) is 0 Å². The molecule has 0 aliphatic heterocycles. The summed E-state index contributed by atoms with van der Waals surface area (Å²) in [5.41, 5.74) is -0.112. The number of rotatable bonds is 4. The highest BCUT2D eigenvalue weighted by Gasteiger charge is 2.12. The van der Waals surface area contributed by atoms with Crippen molar-refractivity contribution < 1.29 is 27.8 Å². The zero-order chi connectivity index (χ0) is 15.4. The number of benzene rings is 2. The number of nitrogens with one attached hydrogen (secondary N) is 1. The van der Waals surface area contributed by atoms with Gasteiger partial charge in [0.15, 0.2) is 0 Å². The van der Waals surface area contributed by atoms with Gasteiger partial charge >= 0.3 is 6.61 Å². The molecule has 0 atom stereocenters. The van der Waals surface area contributed by atoms with Crippen LogP contribution in [-0.2, 0) is 0 Å². The Kier molecular flexibility index (Phi) is 4.32. The van der Waals surface area contributed by atoms with Gasteiger partial charge in [-0.25, -0.2) is 4.39 Å². The van der Waals surface area contributed by atoms with Crippen molar-refractivity contribution in [3.05, 3.63) is 53.8 Å². The van der Waals surface area contributed by atoms with Gasteiger partial charge in [0.05, 0.1) is 5.69 Å². The lowest BCUT2D eigenvalue weighted by Crippen LogP contribution is -2.13. The van der Waals surface area contributed by atoms with E-state index in [2.05, 4.69) is 10.1 Å². The Hall–Kier alpha value is -2.70. The number of carbonyl (C=O) groups is 1. The molecule has 0 saturated carbocycles. The highest BCUT2D eigenvalue weighted by molar-refractivity contribution is 6.04. The molecule has 0 aliphatic rings. The predicted molar refractivity (Wildman–Crippen MR) is 69.1 cm³/mol. The van der Waals surface area contributed by atoms with Crippen LogP contribution < -0.4 is 10.1 Å². The Morgan fingerprint density at radius 2 is 1.95 bits per heavy atom. The number of phenols is 1. The third-order valence-corrected chi connectivity index (χ3v) is 2.52. The molecule has 0 spiro atoms. The van der Waals surface area contributed by atoms with Crippen LogP contribution in [0.1, 0.15) is 10.4 Å². The second-order valence-corrected chi connectivity index (χ2v) is 4.02. The maximum absolute atomic E-state index is 13.5. The maximum atomic E-state index is 13.5. The summed E-state index contributed by atoms with van der Waals surface area (Å²) in [5, 5.41) is 11.3. The molecule has 4 nitrogen and oxygen atoms in total. The number of anilines is 1. The monoisotopic (exact) mass is 297 g/mol. The lowest BCUT2D eigenvalue weighted by atomic mass is 10.2. The molecule has 21 heavy (non-hydrogen) atoms. The minimum absolute atomic E-state index is 0.0284. The van der Waals surface area contributed by atoms with Crippen LogP contribution in [0, 0.1) is 5.82 Å². The molecule has 2 aromatic rings. The van der Waals surface area contributed by atoms with Crippen LogP contribution in [0.4, 0.5) is 18.9 Å². The largest absolute Gasteiger partial charge is 0.508 e. The molecular formula is C14H10F3NO3. The molecule has 0 radical (unpaired) electrons. The summed E-state index contributed by atoms with van der Waals surface area (Å²) in [7, 11) is 0. The Morgan fingerprint density at radius 3 is 2.62 bits per heavy atom. The summed E-state index contributed by atoms with van der Waals surface area (Å²) in [5.74, 6) is -1.97. The van der Waals surface area contributed by atoms with Gasteiger partial charge in [0, 0.05) is 11.6 Å². The Labute approximate surface area is 117 Å². The minimum atomic E-state index is -3.00. The molecule has 1 amide bonds. The molecule has 110 valence electrons. The lowest BCUT2D eigenvalue weighted by Gasteiger charge is -2.08. The summed E-state index contributed by atoms with van der Waals surface area (Å²) in [6.45, 7) is -3.00. The van der Waals surface area contributed by atoms with E-state index in [-0.39, 0.29) is 22.7 Å². The normalized spacial score (nSPS) is 10.5. The zero-order valence-electron chi connectivity index (χ0n) is 10.5. The van der Waals surface area contributed by atoms with E-state index in [4.69, 9.17) is 5.11 Å². The van der Waals surface area contributed by atoms with Gasteiger partial charge in [-0.2, -0.15) is 8.78 Å². The van der Waals surface area contributed by atoms with Crippen molar-refractivity contribution >= 4 is 11.6 Å². The van der Waals surface area contributed by atoms with Gasteiger partial charge in [-0.05, 0) is 30.3 Å². The highest BCUT2D eigenvalue weighted by atomic mass is 19.3. The van der Waals surface area contributed by atoms with Gasteiger partial charge in [-0.15, -0.1) is 0 Å². The number of halogens is 3. The van der Waals surface area contributed by atoms with E-state index in [9.17, 15) is 18.0 Å². The van der Waals surface area contributed by atoms with E-state index in [1.165, 1.54) is 30.3 Å². The number of hydrogen-bond acceptors (Lipinski definition) is 3. The van der Waals surface area contributed by atoms with Crippen molar-refractivity contribution in [1.29, 1.82) is 0 Å². The van der Waals surface area contributed by atoms with E-state index >= 15 is 0 Å². The zero-order valence-corrected chi connectivity index (χ0v) is 10.5. The lowest BCUT2D eigenvalue weighted by molar-refractivity contribution is -0.0498. The molecule has 7 heteroatoms. The minimum Gasteiger partial charge on any atom is -0.508 e. The molecule has 2 rings (SSSR count). The Bertz CT molecular complexity index is 662. The summed E-state index contributed by atoms with van der Waals surface area (Å²) in [4.78, 5) is 11.9. The molecule has 0 saturated heterocycles. The number of ether oxygens (including phenoxy) is 1. The Morgan fingerprint density at radius 1 is 1.19 bits per heavy atom. The topological polar surface area (TPSA) is 58.6 Å². The number of amides is 1. The summed E-state index contributed by atoms with van der Waals surface area (Å²) < 4.78 is 41.8. The summed E-state index contributed by atoms with van der Waals surface area (Å²) in [6, 6.07) is 8.33. The first kappa shape index (κ1) is 14.7. The molecule has 0 fully saturated rings. The van der Waals surface area contributed by atoms with Crippen molar-refractivity contribution in [2.45, 2.75) is 6.61 Å². The fraction of sp³-hybridized carbons (Fsp3) is 0.0714. The van der Waals surface area contributed by atoms with Gasteiger partial charge in [-0.3, -0.25) is 4.79 Å². The van der Waals surface area contributed by atoms with E-state index < -0.39 is 18.3 Å². The average Bonchev–Trinajstić information content (AvgIpc) is 2.41. The molecule has 2 aromatic carbocycles. The number of carbonyl (C=O) groups excluding carboxylic acids is 1. The van der Waals surface area contributed by atoms with Crippen LogP contribution in [0.5, 0.6) is 11.5 Å². The Balaban J connectivity index is 2.16. The smallest absolute Gasteiger partial charge is 0.387 e. The second-order valence-electron chi connectivity index (χ2n) is 4.02. The molecule has 0 unspecified atom stereocenters. The first-order chi connectivity index (χ1) is 9.95. The van der Waals surface area contributed by atoms with E-state index in [0.717, 1.165) is 12.1 Å². The third-order valence-electron chi connectivity index (χ3n) is 2.52. The standard InChI is InChI=1S/C14H10F3NO3/c15-11-7-9(19)4-5-12(11)18-13(20)8-2-1-3-10(6-8)21-14(16)17/h1-7,14,19H,(H,18,20). The van der Waals surface area contributed by atoms with Crippen molar-refractivity contribution in [2.24, 2.45) is 0 Å². The number of aromatic hydroxyl groups is 1. The molecule has 0 bridgehead atoms. The van der Waals surface area contributed by atoms with Crippen molar-refractivity contribution in [2.75, 3.05) is 5.32 Å². The number of alkyl halides is 2. The highest BCUT2D eigenvalue weighted by Crippen LogP contribution is 2.21. The van der Waals surface area contributed by atoms with Crippen molar-refractivity contribution in [3.8, 4) is 11.5 Å². The first-order valence-corrected chi connectivity index (χ1v) is 5.80. The van der Waals surface area contributed by atoms with Gasteiger partial charge in [0.2, 0.25) is 0 Å². The summed E-state index contributed by atoms with van der Waals surface area (Å²) >= 11 is 0. The van der Waals surface area contributed by atoms with Crippen LogP contribution in [0.3, 0.4) is 0 Å². The van der Waals surface area contributed by atoms with Crippen LogP contribution >= 0.6 is 0 Å². The molecule has 2 N–H and O–H groups in total. The van der Waals surface area contributed by atoms with Crippen molar-refractivity contribution in [1.82, 2.24) is 0 Å².